The van der Waals surface area contributed by atoms with Crippen molar-refractivity contribution >= 4 is 27.3 Å². The van der Waals surface area contributed by atoms with Crippen molar-refractivity contribution in [2.45, 2.75) is 0 Å². The molecule has 2 aromatic carbocycles. The van der Waals surface area contributed by atoms with E-state index in [1.54, 1.807) is 24.3 Å². The molecule has 2 aromatic rings. The van der Waals surface area contributed by atoms with Crippen LogP contribution in [0.4, 0.5) is 15.8 Å². The van der Waals surface area contributed by atoms with E-state index in [0.717, 1.165) is 4.47 Å². The summed E-state index contributed by atoms with van der Waals surface area (Å²) in [6, 6.07) is 13.1. The minimum absolute atomic E-state index is 0.0431. The van der Waals surface area contributed by atoms with Crippen molar-refractivity contribution in [1.29, 1.82) is 10.5 Å². The zero-order valence-electron chi connectivity index (χ0n) is 9.61. The first-order valence-corrected chi connectivity index (χ1v) is 6.09. The zero-order chi connectivity index (χ0) is 13.8. The van der Waals surface area contributed by atoms with Gasteiger partial charge in [0, 0.05) is 10.2 Å². The Morgan fingerprint density at radius 3 is 2.42 bits per heavy atom. The van der Waals surface area contributed by atoms with Crippen LogP contribution in [0.25, 0.3) is 0 Å². The van der Waals surface area contributed by atoms with Gasteiger partial charge < -0.3 is 5.32 Å². The number of anilines is 2. The second-order valence-electron chi connectivity index (χ2n) is 3.73. The SMILES string of the molecule is N#Cc1cc(Nc2cc(Br)ccc2C#N)ccc1F. The smallest absolute Gasteiger partial charge is 0.141 e. The van der Waals surface area contributed by atoms with Gasteiger partial charge in [0.1, 0.15) is 18.0 Å². The fourth-order valence-electron chi connectivity index (χ4n) is 1.56. The third-order valence-corrected chi connectivity index (χ3v) is 2.96. The third-order valence-electron chi connectivity index (χ3n) is 2.47. The zero-order valence-corrected chi connectivity index (χ0v) is 11.2. The summed E-state index contributed by atoms with van der Waals surface area (Å²) in [5.41, 5.74) is 1.56. The van der Waals surface area contributed by atoms with Crippen molar-refractivity contribution in [2.24, 2.45) is 0 Å². The van der Waals surface area contributed by atoms with Gasteiger partial charge in [-0.15, -0.1) is 0 Å². The summed E-state index contributed by atoms with van der Waals surface area (Å²) < 4.78 is 14.0. The Bertz CT molecular complexity index is 714. The summed E-state index contributed by atoms with van der Waals surface area (Å²) in [7, 11) is 0. The molecule has 0 aliphatic carbocycles. The predicted octanol–water partition coefficient (Wildman–Crippen LogP) is 4.08. The van der Waals surface area contributed by atoms with E-state index in [2.05, 4.69) is 27.3 Å². The van der Waals surface area contributed by atoms with E-state index in [0.29, 0.717) is 16.9 Å². The molecular weight excluding hydrogens is 309 g/mol. The van der Waals surface area contributed by atoms with E-state index in [-0.39, 0.29) is 5.56 Å². The van der Waals surface area contributed by atoms with Gasteiger partial charge in [-0.2, -0.15) is 10.5 Å². The molecule has 0 unspecified atom stereocenters. The summed E-state index contributed by atoms with van der Waals surface area (Å²) in [5, 5.41) is 20.8. The predicted molar refractivity (Wildman–Crippen MR) is 73.3 cm³/mol. The van der Waals surface area contributed by atoms with E-state index in [1.165, 1.54) is 18.2 Å². The maximum Gasteiger partial charge on any atom is 0.141 e. The average molecular weight is 316 g/mol. The lowest BCUT2D eigenvalue weighted by Gasteiger charge is -2.09. The normalized spacial score (nSPS) is 9.47. The molecule has 0 spiro atoms. The van der Waals surface area contributed by atoms with Crippen LogP contribution in [0, 0.1) is 28.5 Å². The van der Waals surface area contributed by atoms with Crippen LogP contribution in [0.3, 0.4) is 0 Å². The second-order valence-corrected chi connectivity index (χ2v) is 4.65. The summed E-state index contributed by atoms with van der Waals surface area (Å²) in [6.07, 6.45) is 0. The summed E-state index contributed by atoms with van der Waals surface area (Å²) in [4.78, 5) is 0. The van der Waals surface area contributed by atoms with Crippen LogP contribution in [0.5, 0.6) is 0 Å². The number of hydrogen-bond donors (Lipinski definition) is 1. The highest BCUT2D eigenvalue weighted by Crippen LogP contribution is 2.25. The van der Waals surface area contributed by atoms with Crippen molar-refractivity contribution in [1.82, 2.24) is 0 Å². The Labute approximate surface area is 118 Å². The van der Waals surface area contributed by atoms with Crippen molar-refractivity contribution in [2.75, 3.05) is 5.32 Å². The lowest BCUT2D eigenvalue weighted by Crippen LogP contribution is -1.95. The molecule has 0 atom stereocenters. The van der Waals surface area contributed by atoms with Crippen LogP contribution in [0.2, 0.25) is 0 Å². The van der Waals surface area contributed by atoms with Gasteiger partial charge in [0.15, 0.2) is 0 Å². The first-order valence-electron chi connectivity index (χ1n) is 5.30. The molecule has 0 radical (unpaired) electrons. The van der Waals surface area contributed by atoms with E-state index in [1.807, 2.05) is 0 Å². The molecule has 19 heavy (non-hydrogen) atoms. The lowest BCUT2D eigenvalue weighted by atomic mass is 10.1. The van der Waals surface area contributed by atoms with Crippen LogP contribution < -0.4 is 5.32 Å². The van der Waals surface area contributed by atoms with Crippen LogP contribution >= 0.6 is 15.9 Å². The van der Waals surface area contributed by atoms with Crippen LogP contribution in [0.15, 0.2) is 40.9 Å². The number of benzene rings is 2. The van der Waals surface area contributed by atoms with E-state index < -0.39 is 5.82 Å². The third kappa shape index (κ3) is 2.90. The van der Waals surface area contributed by atoms with Crippen LogP contribution in [-0.2, 0) is 0 Å². The molecular formula is C14H7BrFN3. The van der Waals surface area contributed by atoms with Gasteiger partial charge in [0.25, 0.3) is 0 Å². The number of nitrogens with one attached hydrogen (secondary N) is 1. The van der Waals surface area contributed by atoms with Gasteiger partial charge in [0.05, 0.1) is 16.8 Å². The molecule has 0 aromatic heterocycles. The topological polar surface area (TPSA) is 59.6 Å². The number of nitrogens with zero attached hydrogens (tertiary/aromatic N) is 2. The number of nitriles is 2. The monoisotopic (exact) mass is 315 g/mol. The summed E-state index contributed by atoms with van der Waals surface area (Å²) >= 11 is 3.32. The van der Waals surface area contributed by atoms with Gasteiger partial charge in [-0.3, -0.25) is 0 Å². The van der Waals surface area contributed by atoms with Gasteiger partial charge in [0.2, 0.25) is 0 Å². The number of hydrogen-bond acceptors (Lipinski definition) is 3. The lowest BCUT2D eigenvalue weighted by molar-refractivity contribution is 0.624. The molecule has 0 aliphatic rings. The largest absolute Gasteiger partial charge is 0.354 e. The molecule has 0 bridgehead atoms. The Balaban J connectivity index is 2.40. The fourth-order valence-corrected chi connectivity index (χ4v) is 1.92. The van der Waals surface area contributed by atoms with E-state index in [9.17, 15) is 4.39 Å². The van der Waals surface area contributed by atoms with Gasteiger partial charge >= 0.3 is 0 Å². The Hall–Kier alpha value is -2.37. The minimum Gasteiger partial charge on any atom is -0.354 e. The molecule has 0 aliphatic heterocycles. The Morgan fingerprint density at radius 1 is 1.00 bits per heavy atom. The van der Waals surface area contributed by atoms with Gasteiger partial charge in [-0.25, -0.2) is 4.39 Å². The molecule has 92 valence electrons. The van der Waals surface area contributed by atoms with E-state index in [4.69, 9.17) is 10.5 Å². The van der Waals surface area contributed by atoms with Gasteiger partial charge in [-0.1, -0.05) is 15.9 Å². The van der Waals surface area contributed by atoms with Crippen molar-refractivity contribution in [3.05, 3.63) is 57.8 Å². The van der Waals surface area contributed by atoms with Gasteiger partial charge in [-0.05, 0) is 36.4 Å². The Morgan fingerprint density at radius 2 is 1.74 bits per heavy atom. The molecule has 0 amide bonds. The molecule has 2 rings (SSSR count). The minimum atomic E-state index is -0.567. The fraction of sp³-hybridized carbons (Fsp3) is 0. The second kappa shape index (κ2) is 5.51. The molecule has 3 nitrogen and oxygen atoms in total. The van der Waals surface area contributed by atoms with E-state index >= 15 is 0 Å². The van der Waals surface area contributed by atoms with Crippen molar-refractivity contribution in [3.8, 4) is 12.1 Å². The first kappa shape index (κ1) is 13.1. The molecule has 0 saturated heterocycles. The molecule has 5 heteroatoms. The highest BCUT2D eigenvalue weighted by molar-refractivity contribution is 9.10. The summed E-state index contributed by atoms with van der Waals surface area (Å²) in [5.74, 6) is -0.567. The van der Waals surface area contributed by atoms with Crippen LogP contribution in [0.1, 0.15) is 11.1 Å². The first-order chi connectivity index (χ1) is 9.13. The maximum absolute atomic E-state index is 13.2. The highest BCUT2D eigenvalue weighted by atomic mass is 79.9. The molecule has 0 fully saturated rings. The van der Waals surface area contributed by atoms with Crippen molar-refractivity contribution in [3.63, 3.8) is 0 Å². The number of rotatable bonds is 2. The molecule has 1 N–H and O–H groups in total. The molecule has 0 heterocycles. The Kier molecular flexibility index (Phi) is 3.79. The highest BCUT2D eigenvalue weighted by Gasteiger charge is 2.06. The standard InChI is InChI=1S/C14H7BrFN3/c15-11-2-1-9(7-17)14(6-11)19-12-3-4-13(16)10(5-12)8-18/h1-6,19H. The van der Waals surface area contributed by atoms with Crippen LogP contribution in [-0.4, -0.2) is 0 Å². The average Bonchev–Trinajstić information content (AvgIpc) is 2.41. The molecule has 0 saturated carbocycles. The summed E-state index contributed by atoms with van der Waals surface area (Å²) in [6.45, 7) is 0. The number of halogens is 2. The quantitative estimate of drug-likeness (QED) is 0.908. The van der Waals surface area contributed by atoms with Crippen molar-refractivity contribution < 1.29 is 4.39 Å². The maximum atomic E-state index is 13.2.